The maximum atomic E-state index is 12.6. The van der Waals surface area contributed by atoms with Crippen LogP contribution in [-0.2, 0) is 0 Å². The molecule has 0 fully saturated rings. The second-order valence-electron chi connectivity index (χ2n) is 3.20. The van der Waals surface area contributed by atoms with Gasteiger partial charge in [-0.2, -0.15) is 0 Å². The molecule has 0 amide bonds. The molecular weight excluding hydrogens is 143 g/mol. The Kier molecular flexibility index (Phi) is 5.42. The predicted octanol–water partition coefficient (Wildman–Crippen LogP) is 1.01. The smallest absolute Gasteiger partial charge is 0.113 e. The van der Waals surface area contributed by atoms with Gasteiger partial charge in [-0.1, -0.05) is 0 Å². The Balaban J connectivity index is 3.37. The molecule has 0 spiro atoms. The van der Waals surface area contributed by atoms with Gasteiger partial charge in [0.1, 0.15) is 6.17 Å². The zero-order valence-electron chi connectivity index (χ0n) is 7.68. The molecule has 2 nitrogen and oxygen atoms in total. The van der Waals surface area contributed by atoms with Gasteiger partial charge < -0.3 is 10.6 Å². The third-order valence-corrected chi connectivity index (χ3v) is 1.93. The summed E-state index contributed by atoms with van der Waals surface area (Å²) >= 11 is 0. The molecule has 0 aromatic rings. The van der Waals surface area contributed by atoms with Crippen molar-refractivity contribution in [2.45, 2.75) is 32.5 Å². The summed E-state index contributed by atoms with van der Waals surface area (Å²) in [7, 11) is 1.99. The van der Waals surface area contributed by atoms with Crippen LogP contribution in [0.1, 0.15) is 20.3 Å². The van der Waals surface area contributed by atoms with Crippen LogP contribution in [0.15, 0.2) is 0 Å². The van der Waals surface area contributed by atoms with Crippen LogP contribution in [-0.4, -0.2) is 37.3 Å². The van der Waals surface area contributed by atoms with Crippen LogP contribution in [0, 0.1) is 0 Å². The van der Waals surface area contributed by atoms with Crippen molar-refractivity contribution in [2.75, 3.05) is 20.1 Å². The molecule has 1 atom stereocenters. The van der Waals surface area contributed by atoms with Gasteiger partial charge in [-0.15, -0.1) is 0 Å². The van der Waals surface area contributed by atoms with Crippen LogP contribution in [0.3, 0.4) is 0 Å². The summed E-state index contributed by atoms with van der Waals surface area (Å²) in [4.78, 5) is 2.11. The second-order valence-corrected chi connectivity index (χ2v) is 3.20. The molecule has 0 aromatic carbocycles. The average molecular weight is 162 g/mol. The summed E-state index contributed by atoms with van der Waals surface area (Å²) in [6.45, 7) is 5.12. The molecule has 2 N–H and O–H groups in total. The van der Waals surface area contributed by atoms with E-state index in [1.807, 2.05) is 7.05 Å². The minimum atomic E-state index is -0.837. The fraction of sp³-hybridized carbons (Fsp3) is 1.00. The highest BCUT2D eigenvalue weighted by Crippen LogP contribution is 2.00. The highest BCUT2D eigenvalue weighted by Gasteiger charge is 2.07. The molecule has 3 heteroatoms. The first-order valence-corrected chi connectivity index (χ1v) is 4.12. The summed E-state index contributed by atoms with van der Waals surface area (Å²) in [5.41, 5.74) is 5.14. The third-order valence-electron chi connectivity index (χ3n) is 1.93. The van der Waals surface area contributed by atoms with E-state index in [0.29, 0.717) is 12.5 Å². The maximum absolute atomic E-state index is 12.6. The van der Waals surface area contributed by atoms with E-state index in [4.69, 9.17) is 5.73 Å². The van der Waals surface area contributed by atoms with Crippen LogP contribution in [0.2, 0.25) is 0 Å². The molecule has 0 aromatic heterocycles. The van der Waals surface area contributed by atoms with Crippen LogP contribution in [0.5, 0.6) is 0 Å². The Morgan fingerprint density at radius 3 is 2.36 bits per heavy atom. The van der Waals surface area contributed by atoms with Gasteiger partial charge in [-0.05, 0) is 27.3 Å². The largest absolute Gasteiger partial charge is 0.328 e. The zero-order valence-corrected chi connectivity index (χ0v) is 7.68. The van der Waals surface area contributed by atoms with Crippen molar-refractivity contribution in [1.29, 1.82) is 0 Å². The van der Waals surface area contributed by atoms with Crippen molar-refractivity contribution in [2.24, 2.45) is 5.73 Å². The number of hydrogen-bond acceptors (Lipinski definition) is 2. The van der Waals surface area contributed by atoms with E-state index in [0.717, 1.165) is 6.54 Å². The summed E-state index contributed by atoms with van der Waals surface area (Å²) in [5, 5.41) is 0. The highest BCUT2D eigenvalue weighted by atomic mass is 19.1. The summed E-state index contributed by atoms with van der Waals surface area (Å²) in [6, 6.07) is 0.486. The Hall–Kier alpha value is -0.150. The lowest BCUT2D eigenvalue weighted by Gasteiger charge is -2.21. The van der Waals surface area contributed by atoms with E-state index >= 15 is 0 Å². The Bertz CT molecular complexity index is 96.1. The van der Waals surface area contributed by atoms with Gasteiger partial charge in [-0.3, -0.25) is 0 Å². The van der Waals surface area contributed by atoms with E-state index in [1.54, 1.807) is 0 Å². The predicted molar refractivity (Wildman–Crippen MR) is 46.3 cm³/mol. The zero-order chi connectivity index (χ0) is 8.85. The van der Waals surface area contributed by atoms with Crippen LogP contribution >= 0.6 is 0 Å². The van der Waals surface area contributed by atoms with Gasteiger partial charge in [0.2, 0.25) is 0 Å². The number of hydrogen-bond donors (Lipinski definition) is 1. The Labute approximate surface area is 68.6 Å². The van der Waals surface area contributed by atoms with Gasteiger partial charge in [-0.25, -0.2) is 4.39 Å². The van der Waals surface area contributed by atoms with E-state index < -0.39 is 6.17 Å². The number of alkyl halides is 1. The molecule has 68 valence electrons. The lowest BCUT2D eigenvalue weighted by Crippen LogP contribution is -2.30. The Morgan fingerprint density at radius 1 is 1.45 bits per heavy atom. The van der Waals surface area contributed by atoms with Gasteiger partial charge in [0.25, 0.3) is 0 Å². The van der Waals surface area contributed by atoms with E-state index in [1.165, 1.54) is 0 Å². The highest BCUT2D eigenvalue weighted by molar-refractivity contribution is 4.62. The fourth-order valence-electron chi connectivity index (χ4n) is 0.720. The lowest BCUT2D eigenvalue weighted by atomic mass is 10.2. The quantitative estimate of drug-likeness (QED) is 0.654. The second kappa shape index (κ2) is 5.49. The van der Waals surface area contributed by atoms with Gasteiger partial charge >= 0.3 is 0 Å². The van der Waals surface area contributed by atoms with E-state index in [2.05, 4.69) is 18.7 Å². The summed E-state index contributed by atoms with van der Waals surface area (Å²) < 4.78 is 12.6. The van der Waals surface area contributed by atoms with E-state index in [9.17, 15) is 4.39 Å². The molecule has 0 heterocycles. The molecule has 0 saturated carbocycles. The van der Waals surface area contributed by atoms with Crippen molar-refractivity contribution in [3.05, 3.63) is 0 Å². The molecule has 0 saturated heterocycles. The molecule has 0 aliphatic heterocycles. The standard InChI is InChI=1S/C8H19FN2/c1-7(2)11(3)5-4-8(9)6-10/h7-8H,4-6,10H2,1-3H3. The first kappa shape index (κ1) is 10.8. The minimum absolute atomic E-state index is 0.145. The number of halogens is 1. The third kappa shape index (κ3) is 5.16. The van der Waals surface area contributed by atoms with Gasteiger partial charge in [0, 0.05) is 19.1 Å². The monoisotopic (exact) mass is 162 g/mol. The molecule has 0 aliphatic rings. The molecule has 0 aliphatic carbocycles. The maximum Gasteiger partial charge on any atom is 0.113 e. The van der Waals surface area contributed by atoms with Crippen LogP contribution in [0.4, 0.5) is 4.39 Å². The number of rotatable bonds is 5. The molecule has 0 radical (unpaired) electrons. The van der Waals surface area contributed by atoms with Crippen molar-refractivity contribution < 1.29 is 4.39 Å². The van der Waals surface area contributed by atoms with Crippen molar-refractivity contribution in [3.63, 3.8) is 0 Å². The van der Waals surface area contributed by atoms with E-state index in [-0.39, 0.29) is 6.54 Å². The Morgan fingerprint density at radius 2 is 2.00 bits per heavy atom. The van der Waals surface area contributed by atoms with Gasteiger partial charge in [0.15, 0.2) is 0 Å². The van der Waals surface area contributed by atoms with Gasteiger partial charge in [0.05, 0.1) is 0 Å². The molecular formula is C8H19FN2. The molecule has 0 rings (SSSR count). The minimum Gasteiger partial charge on any atom is -0.328 e. The summed E-state index contributed by atoms with van der Waals surface area (Å²) in [5.74, 6) is 0. The fourth-order valence-corrected chi connectivity index (χ4v) is 0.720. The first-order chi connectivity index (χ1) is 5.07. The van der Waals surface area contributed by atoms with Crippen molar-refractivity contribution in [3.8, 4) is 0 Å². The topological polar surface area (TPSA) is 29.3 Å². The molecule has 1 unspecified atom stereocenters. The average Bonchev–Trinajstić information content (AvgIpc) is 1.99. The van der Waals surface area contributed by atoms with Crippen molar-refractivity contribution in [1.82, 2.24) is 4.90 Å². The molecule has 11 heavy (non-hydrogen) atoms. The van der Waals surface area contributed by atoms with Crippen molar-refractivity contribution >= 4 is 0 Å². The van der Waals surface area contributed by atoms with Crippen LogP contribution < -0.4 is 5.73 Å². The summed E-state index contributed by atoms with van der Waals surface area (Å²) in [6.07, 6.45) is -0.290. The molecule has 0 bridgehead atoms. The first-order valence-electron chi connectivity index (χ1n) is 4.12. The number of nitrogens with two attached hydrogens (primary N) is 1. The van der Waals surface area contributed by atoms with Crippen LogP contribution in [0.25, 0.3) is 0 Å². The normalized spacial score (nSPS) is 14.5. The lowest BCUT2D eigenvalue weighted by molar-refractivity contribution is 0.226. The SMILES string of the molecule is CC(C)N(C)CCC(F)CN. The number of nitrogens with zero attached hydrogens (tertiary/aromatic N) is 1.